The first-order valence-electron chi connectivity index (χ1n) is 13.4. The maximum atomic E-state index is 13.8. The minimum atomic E-state index is -0.979. The maximum absolute atomic E-state index is 13.8. The van der Waals surface area contributed by atoms with Crippen molar-refractivity contribution in [1.82, 2.24) is 4.90 Å². The van der Waals surface area contributed by atoms with E-state index in [1.165, 1.54) is 0 Å². The Balaban J connectivity index is 1.51. The molecule has 4 rings (SSSR count). The third-order valence-corrected chi connectivity index (χ3v) is 6.87. The van der Waals surface area contributed by atoms with Crippen molar-refractivity contribution in [3.8, 4) is 16.9 Å². The van der Waals surface area contributed by atoms with E-state index < -0.39 is 13.1 Å². The Labute approximate surface area is 229 Å². The van der Waals surface area contributed by atoms with Crippen LogP contribution in [-0.2, 0) is 17.9 Å². The van der Waals surface area contributed by atoms with E-state index in [9.17, 15) is 11.0 Å². The van der Waals surface area contributed by atoms with E-state index in [1.807, 2.05) is 84.2 Å². The van der Waals surface area contributed by atoms with E-state index in [1.54, 1.807) is 16.2 Å². The van der Waals surface area contributed by atoms with E-state index in [0.717, 1.165) is 29.5 Å². The lowest BCUT2D eigenvalue weighted by Gasteiger charge is -2.24. The molecule has 196 valence electrons. The molecule has 5 nitrogen and oxygen atoms in total. The van der Waals surface area contributed by atoms with Gasteiger partial charge in [0.05, 0.1) is 7.98 Å². The largest absolute Gasteiger partial charge is 0.493 e. The Morgan fingerprint density at radius 1 is 0.868 bits per heavy atom. The molecule has 1 atom stereocenters. The van der Waals surface area contributed by atoms with Gasteiger partial charge in [0.1, 0.15) is 12.4 Å². The topological polar surface area (TPSA) is 66.8 Å². The number of para-hydroxylation sites is 1. The fourth-order valence-corrected chi connectivity index (χ4v) is 4.77. The number of rotatable bonds is 14. The van der Waals surface area contributed by atoms with Crippen LogP contribution in [-0.4, -0.2) is 34.9 Å². The van der Waals surface area contributed by atoms with Gasteiger partial charge in [0.15, 0.2) is 5.78 Å². The molecular formula is C32H33NO4S. The van der Waals surface area contributed by atoms with E-state index in [0.29, 0.717) is 36.3 Å². The van der Waals surface area contributed by atoms with Crippen LogP contribution in [0.5, 0.6) is 5.75 Å². The third kappa shape index (κ3) is 7.88. The highest BCUT2D eigenvalue weighted by atomic mass is 32.1. The standard InChI is InChI=1S/C32H33NO4S/c34-23-30(35)12-5-2-8-19-37-31-13-7-6-11-28(31)22-33(21-25-9-3-1-4-10-25)32(36)27-16-14-26(15-17-27)29-18-20-38-24-29/h1,3-4,6-7,9-11,13-18,20,24,34H,2,5,8,12,19,21-23H2/i22D. The number of aliphatic hydroxyl groups is 1. The van der Waals surface area contributed by atoms with Crippen molar-refractivity contribution in [2.45, 2.75) is 38.7 Å². The number of Topliss-reactive ketones (excluding diaryl/α,β-unsaturated/α-hetero) is 1. The molecule has 1 unspecified atom stereocenters. The Morgan fingerprint density at radius 2 is 1.63 bits per heavy atom. The number of hydrogen-bond donors (Lipinski definition) is 1. The van der Waals surface area contributed by atoms with Gasteiger partial charge in [-0.15, -0.1) is 0 Å². The molecule has 0 fully saturated rings. The Kier molecular flexibility index (Phi) is 9.72. The summed E-state index contributed by atoms with van der Waals surface area (Å²) in [5.74, 6) is 0.198. The number of nitrogens with zero attached hydrogens (tertiary/aromatic N) is 1. The van der Waals surface area contributed by atoms with Crippen LogP contribution in [0.15, 0.2) is 95.7 Å². The molecule has 4 aromatic rings. The van der Waals surface area contributed by atoms with Gasteiger partial charge >= 0.3 is 0 Å². The Hall–Kier alpha value is -3.74. The SMILES string of the molecule is [2H]C(c1ccccc1OCCCCCC(=O)CO)N(Cc1ccccc1)C(=O)c1ccc(-c2ccsc2)cc1. The second-order valence-corrected chi connectivity index (χ2v) is 9.81. The fraction of sp³-hybridized carbons (Fsp3) is 0.250. The van der Waals surface area contributed by atoms with Gasteiger partial charge in [0, 0.05) is 30.6 Å². The highest BCUT2D eigenvalue weighted by Gasteiger charge is 2.19. The predicted molar refractivity (Wildman–Crippen MR) is 152 cm³/mol. The zero-order valence-corrected chi connectivity index (χ0v) is 22.1. The predicted octanol–water partition coefficient (Wildman–Crippen LogP) is 6.76. The molecule has 0 aliphatic heterocycles. The number of amides is 1. The number of ether oxygens (including phenoxy) is 1. The van der Waals surface area contributed by atoms with Crippen molar-refractivity contribution in [1.29, 1.82) is 0 Å². The minimum absolute atomic E-state index is 0.150. The lowest BCUT2D eigenvalue weighted by molar-refractivity contribution is -0.121. The van der Waals surface area contributed by atoms with E-state index in [2.05, 4.69) is 11.4 Å². The molecule has 1 heterocycles. The zero-order valence-electron chi connectivity index (χ0n) is 22.3. The van der Waals surface area contributed by atoms with Gasteiger partial charge in [-0.3, -0.25) is 9.59 Å². The summed E-state index contributed by atoms with van der Waals surface area (Å²) in [5.41, 5.74) is 4.24. The summed E-state index contributed by atoms with van der Waals surface area (Å²) in [6, 6.07) is 26.7. The van der Waals surface area contributed by atoms with Crippen molar-refractivity contribution in [2.75, 3.05) is 13.2 Å². The van der Waals surface area contributed by atoms with Gasteiger partial charge in [-0.2, -0.15) is 11.3 Å². The zero-order chi connectivity index (χ0) is 27.5. The van der Waals surface area contributed by atoms with Crippen LogP contribution in [0.2, 0.25) is 0 Å². The van der Waals surface area contributed by atoms with Crippen molar-refractivity contribution in [3.63, 3.8) is 0 Å². The summed E-state index contributed by atoms with van der Waals surface area (Å²) in [6.07, 6.45) is 2.62. The average Bonchev–Trinajstić information content (AvgIpc) is 3.53. The smallest absolute Gasteiger partial charge is 0.254 e. The van der Waals surface area contributed by atoms with Crippen LogP contribution < -0.4 is 4.74 Å². The first kappa shape index (κ1) is 25.9. The highest BCUT2D eigenvalue weighted by Crippen LogP contribution is 2.25. The molecule has 3 aromatic carbocycles. The first-order valence-corrected chi connectivity index (χ1v) is 13.7. The van der Waals surface area contributed by atoms with Crippen LogP contribution in [0.3, 0.4) is 0 Å². The van der Waals surface area contributed by atoms with Crippen molar-refractivity contribution in [3.05, 3.63) is 112 Å². The molecule has 0 radical (unpaired) electrons. The van der Waals surface area contributed by atoms with Gasteiger partial charge in [-0.05, 0) is 71.0 Å². The van der Waals surface area contributed by atoms with Crippen molar-refractivity contribution in [2.24, 2.45) is 0 Å². The summed E-state index contributed by atoms with van der Waals surface area (Å²) in [6.45, 7) is -0.667. The van der Waals surface area contributed by atoms with E-state index in [-0.39, 0.29) is 18.2 Å². The van der Waals surface area contributed by atoms with Gasteiger partial charge < -0.3 is 14.7 Å². The number of aliphatic hydroxyl groups excluding tert-OH is 1. The second kappa shape index (κ2) is 14.3. The van der Waals surface area contributed by atoms with Gasteiger partial charge in [0.25, 0.3) is 5.91 Å². The number of carbonyl (C=O) groups is 2. The van der Waals surface area contributed by atoms with Crippen LogP contribution >= 0.6 is 11.3 Å². The number of carbonyl (C=O) groups excluding carboxylic acids is 2. The molecule has 6 heteroatoms. The molecule has 1 aromatic heterocycles. The number of unbranched alkanes of at least 4 members (excludes halogenated alkanes) is 2. The number of thiophene rings is 1. The molecule has 1 N–H and O–H groups in total. The number of hydrogen-bond acceptors (Lipinski definition) is 5. The average molecular weight is 529 g/mol. The molecule has 0 aliphatic rings. The molecular weight excluding hydrogens is 494 g/mol. The Bertz CT molecular complexity index is 1330. The summed E-state index contributed by atoms with van der Waals surface area (Å²) in [7, 11) is 0. The molecule has 38 heavy (non-hydrogen) atoms. The molecule has 0 spiro atoms. The summed E-state index contributed by atoms with van der Waals surface area (Å²) >= 11 is 1.63. The van der Waals surface area contributed by atoms with Crippen LogP contribution in [0.1, 0.15) is 48.5 Å². The maximum Gasteiger partial charge on any atom is 0.254 e. The van der Waals surface area contributed by atoms with Gasteiger partial charge in [-0.1, -0.05) is 60.7 Å². The Morgan fingerprint density at radius 3 is 2.37 bits per heavy atom. The summed E-state index contributed by atoms with van der Waals surface area (Å²) < 4.78 is 15.2. The van der Waals surface area contributed by atoms with Crippen LogP contribution in [0.4, 0.5) is 0 Å². The molecule has 0 bridgehead atoms. The van der Waals surface area contributed by atoms with Crippen LogP contribution in [0, 0.1) is 0 Å². The number of benzene rings is 3. The van der Waals surface area contributed by atoms with Crippen LogP contribution in [0.25, 0.3) is 11.1 Å². The van der Waals surface area contributed by atoms with Crippen molar-refractivity contribution < 1.29 is 20.8 Å². The molecule has 0 saturated heterocycles. The second-order valence-electron chi connectivity index (χ2n) is 9.03. The van der Waals surface area contributed by atoms with Crippen molar-refractivity contribution >= 4 is 23.0 Å². The summed E-state index contributed by atoms with van der Waals surface area (Å²) in [5, 5.41) is 12.9. The molecule has 0 aliphatic carbocycles. The fourth-order valence-electron chi connectivity index (χ4n) is 4.10. The molecule has 1 amide bonds. The normalized spacial score (nSPS) is 12.0. The summed E-state index contributed by atoms with van der Waals surface area (Å²) in [4.78, 5) is 26.6. The lowest BCUT2D eigenvalue weighted by atomic mass is 10.1. The quantitative estimate of drug-likeness (QED) is 0.184. The van der Waals surface area contributed by atoms with E-state index in [4.69, 9.17) is 9.84 Å². The molecule has 0 saturated carbocycles. The first-order chi connectivity index (χ1) is 19.1. The van der Waals surface area contributed by atoms with Gasteiger partial charge in [0.2, 0.25) is 0 Å². The van der Waals surface area contributed by atoms with E-state index >= 15 is 0 Å². The highest BCUT2D eigenvalue weighted by molar-refractivity contribution is 7.08. The number of ketones is 1. The van der Waals surface area contributed by atoms with Gasteiger partial charge in [-0.25, -0.2) is 0 Å². The lowest BCUT2D eigenvalue weighted by Crippen LogP contribution is -2.30. The monoisotopic (exact) mass is 528 g/mol. The third-order valence-electron chi connectivity index (χ3n) is 6.19. The minimum Gasteiger partial charge on any atom is -0.493 e.